The maximum Gasteiger partial charge on any atom is 0.193 e. The Bertz CT molecular complexity index is 518. The van der Waals surface area contributed by atoms with Crippen LogP contribution in [0.15, 0.2) is 9.52 Å². The summed E-state index contributed by atoms with van der Waals surface area (Å²) in [5, 5.41) is 7.57. The van der Waals surface area contributed by atoms with Gasteiger partial charge in [0.15, 0.2) is 5.96 Å². The summed E-state index contributed by atoms with van der Waals surface area (Å²) in [4.78, 5) is 6.97. The summed E-state index contributed by atoms with van der Waals surface area (Å²) in [5.41, 5.74) is 2.28. The first-order chi connectivity index (χ1) is 11.2. The van der Waals surface area contributed by atoms with Crippen molar-refractivity contribution in [2.45, 2.75) is 52.4 Å². The van der Waals surface area contributed by atoms with Gasteiger partial charge in [-0.05, 0) is 51.4 Å². The van der Waals surface area contributed by atoms with E-state index in [1.54, 1.807) is 0 Å². The molecule has 2 atom stereocenters. The molecule has 2 unspecified atom stereocenters. The number of hydrogen-bond acceptors (Lipinski definition) is 3. The van der Waals surface area contributed by atoms with Crippen LogP contribution < -0.4 is 5.32 Å². The molecule has 0 amide bonds. The van der Waals surface area contributed by atoms with Crippen molar-refractivity contribution in [3.05, 3.63) is 17.0 Å². The van der Waals surface area contributed by atoms with Crippen molar-refractivity contribution < 1.29 is 4.52 Å². The third-order valence-electron chi connectivity index (χ3n) is 5.56. The van der Waals surface area contributed by atoms with E-state index in [1.165, 1.54) is 44.3 Å². The lowest BCUT2D eigenvalue weighted by Crippen LogP contribution is -2.40. The molecular weight excluding hydrogens is 288 g/mol. The molecule has 1 aromatic rings. The number of hydrogen-bond donors (Lipinski definition) is 1. The predicted molar refractivity (Wildman–Crippen MR) is 92.7 cm³/mol. The molecule has 0 radical (unpaired) electrons. The third kappa shape index (κ3) is 3.70. The molecule has 2 aliphatic rings. The van der Waals surface area contributed by atoms with Crippen LogP contribution >= 0.6 is 0 Å². The molecule has 0 aromatic carbocycles. The van der Waals surface area contributed by atoms with Gasteiger partial charge in [0, 0.05) is 32.2 Å². The zero-order valence-corrected chi connectivity index (χ0v) is 14.8. The van der Waals surface area contributed by atoms with Crippen molar-refractivity contribution in [2.24, 2.45) is 16.8 Å². The summed E-state index contributed by atoms with van der Waals surface area (Å²) in [7, 11) is 1.90. The first-order valence-electron chi connectivity index (χ1n) is 9.06. The molecule has 2 fully saturated rings. The van der Waals surface area contributed by atoms with E-state index in [9.17, 15) is 0 Å². The van der Waals surface area contributed by atoms with Crippen molar-refractivity contribution in [3.63, 3.8) is 0 Å². The summed E-state index contributed by atoms with van der Waals surface area (Å²) in [6.45, 7) is 7.34. The second-order valence-electron chi connectivity index (χ2n) is 7.09. The minimum Gasteiger partial charge on any atom is -0.361 e. The average molecular weight is 318 g/mol. The van der Waals surface area contributed by atoms with E-state index in [1.807, 2.05) is 20.9 Å². The fourth-order valence-corrected chi connectivity index (χ4v) is 4.24. The molecule has 23 heavy (non-hydrogen) atoms. The molecule has 3 rings (SSSR count). The summed E-state index contributed by atoms with van der Waals surface area (Å²) in [6, 6.07) is 0. The second-order valence-corrected chi connectivity index (χ2v) is 7.09. The molecule has 5 nitrogen and oxygen atoms in total. The summed E-state index contributed by atoms with van der Waals surface area (Å²) in [6.07, 6.45) is 7.73. The zero-order valence-electron chi connectivity index (χ0n) is 14.8. The van der Waals surface area contributed by atoms with Crippen molar-refractivity contribution in [1.29, 1.82) is 0 Å². The molecule has 0 bridgehead atoms. The largest absolute Gasteiger partial charge is 0.361 e. The summed E-state index contributed by atoms with van der Waals surface area (Å²) >= 11 is 0. The Morgan fingerprint density at radius 3 is 2.52 bits per heavy atom. The number of nitrogens with zero attached hydrogens (tertiary/aromatic N) is 3. The van der Waals surface area contributed by atoms with Gasteiger partial charge in [0.1, 0.15) is 5.76 Å². The van der Waals surface area contributed by atoms with Gasteiger partial charge in [-0.1, -0.05) is 18.0 Å². The van der Waals surface area contributed by atoms with Crippen LogP contribution in [0.1, 0.15) is 49.1 Å². The highest BCUT2D eigenvalue weighted by molar-refractivity contribution is 5.80. The Balaban J connectivity index is 1.45. The first kappa shape index (κ1) is 16.3. The number of likely N-dealkylation sites (tertiary alicyclic amines) is 1. The number of aryl methyl sites for hydroxylation is 2. The monoisotopic (exact) mass is 318 g/mol. The number of rotatable bonds is 4. The van der Waals surface area contributed by atoms with E-state index in [0.29, 0.717) is 0 Å². The van der Waals surface area contributed by atoms with Crippen LogP contribution in [-0.2, 0) is 6.42 Å². The summed E-state index contributed by atoms with van der Waals surface area (Å²) < 4.78 is 5.23. The molecule has 5 heteroatoms. The molecule has 1 aliphatic carbocycles. The Labute approximate surface area is 139 Å². The minimum atomic E-state index is 0.893. The minimum absolute atomic E-state index is 0.893. The number of fused-ring (bicyclic) bond motifs is 1. The zero-order chi connectivity index (χ0) is 16.2. The number of aliphatic imine (C=N–C) groups is 1. The van der Waals surface area contributed by atoms with Gasteiger partial charge in [-0.15, -0.1) is 0 Å². The van der Waals surface area contributed by atoms with E-state index in [0.717, 1.165) is 48.6 Å². The van der Waals surface area contributed by atoms with Gasteiger partial charge in [-0.25, -0.2) is 0 Å². The fraction of sp³-hybridized carbons (Fsp3) is 0.778. The fourth-order valence-electron chi connectivity index (χ4n) is 4.24. The molecular formula is C18H30N4O. The molecule has 2 heterocycles. The lowest BCUT2D eigenvalue weighted by molar-refractivity contribution is 0.299. The standard InChI is InChI=1S/C18H30N4O/c1-13-17(14(2)23-21-13)9-6-10-20-18(19-3)22-11-15-7-4-5-8-16(15)12-22/h15-16H,4-12H2,1-3H3,(H,19,20). The highest BCUT2D eigenvalue weighted by Crippen LogP contribution is 2.35. The van der Waals surface area contributed by atoms with E-state index < -0.39 is 0 Å². The maximum atomic E-state index is 5.23. The van der Waals surface area contributed by atoms with E-state index in [-0.39, 0.29) is 0 Å². The van der Waals surface area contributed by atoms with Crippen molar-refractivity contribution >= 4 is 5.96 Å². The van der Waals surface area contributed by atoms with Gasteiger partial charge in [0.05, 0.1) is 5.69 Å². The lowest BCUT2D eigenvalue weighted by Gasteiger charge is -2.22. The quantitative estimate of drug-likeness (QED) is 0.527. The number of nitrogens with one attached hydrogen (secondary N) is 1. The van der Waals surface area contributed by atoms with Gasteiger partial charge in [0.25, 0.3) is 0 Å². The van der Waals surface area contributed by atoms with Crippen molar-refractivity contribution in [1.82, 2.24) is 15.4 Å². The number of guanidine groups is 1. The molecule has 1 saturated heterocycles. The Hall–Kier alpha value is -1.52. The first-order valence-corrected chi connectivity index (χ1v) is 9.06. The van der Waals surface area contributed by atoms with E-state index >= 15 is 0 Å². The van der Waals surface area contributed by atoms with Gasteiger partial charge in [-0.3, -0.25) is 4.99 Å². The Morgan fingerprint density at radius 1 is 1.26 bits per heavy atom. The maximum absolute atomic E-state index is 5.23. The second kappa shape index (κ2) is 7.37. The molecule has 1 aromatic heterocycles. The number of aromatic nitrogens is 1. The predicted octanol–water partition coefficient (Wildman–Crippen LogP) is 2.92. The molecule has 1 aliphatic heterocycles. The van der Waals surface area contributed by atoms with Crippen LogP contribution in [0, 0.1) is 25.7 Å². The van der Waals surface area contributed by atoms with Gasteiger partial charge in [-0.2, -0.15) is 0 Å². The van der Waals surface area contributed by atoms with Gasteiger partial charge in [0.2, 0.25) is 0 Å². The van der Waals surface area contributed by atoms with Crippen LogP contribution in [0.25, 0.3) is 0 Å². The van der Waals surface area contributed by atoms with Crippen LogP contribution in [0.3, 0.4) is 0 Å². The smallest absolute Gasteiger partial charge is 0.193 e. The lowest BCUT2D eigenvalue weighted by atomic mass is 9.82. The normalized spacial score (nSPS) is 24.8. The van der Waals surface area contributed by atoms with Crippen LogP contribution in [-0.4, -0.2) is 42.7 Å². The molecule has 1 N–H and O–H groups in total. The highest BCUT2D eigenvalue weighted by Gasteiger charge is 2.35. The Kier molecular flexibility index (Phi) is 5.23. The van der Waals surface area contributed by atoms with Crippen LogP contribution in [0.4, 0.5) is 0 Å². The van der Waals surface area contributed by atoms with E-state index in [2.05, 4.69) is 20.4 Å². The van der Waals surface area contributed by atoms with Crippen LogP contribution in [0.2, 0.25) is 0 Å². The molecule has 0 spiro atoms. The topological polar surface area (TPSA) is 53.7 Å². The summed E-state index contributed by atoms with van der Waals surface area (Å²) in [5.74, 6) is 3.82. The third-order valence-corrected chi connectivity index (χ3v) is 5.56. The van der Waals surface area contributed by atoms with Gasteiger partial charge >= 0.3 is 0 Å². The highest BCUT2D eigenvalue weighted by atomic mass is 16.5. The van der Waals surface area contributed by atoms with Crippen molar-refractivity contribution in [2.75, 3.05) is 26.7 Å². The Morgan fingerprint density at radius 2 is 1.96 bits per heavy atom. The van der Waals surface area contributed by atoms with E-state index in [4.69, 9.17) is 4.52 Å². The SMILES string of the molecule is CN=C(NCCCc1c(C)noc1C)N1CC2CCCCC2C1. The van der Waals surface area contributed by atoms with Crippen LogP contribution in [0.5, 0.6) is 0 Å². The average Bonchev–Trinajstić information content (AvgIpc) is 3.12. The molecule has 1 saturated carbocycles. The van der Waals surface area contributed by atoms with Gasteiger partial charge < -0.3 is 14.7 Å². The molecule has 128 valence electrons. The van der Waals surface area contributed by atoms with Crippen molar-refractivity contribution in [3.8, 4) is 0 Å².